The fourth-order valence-electron chi connectivity index (χ4n) is 2.21. The Balaban J connectivity index is 1.82. The third-order valence-electron chi connectivity index (χ3n) is 3.39. The van der Waals surface area contributed by atoms with Crippen molar-refractivity contribution in [2.24, 2.45) is 10.7 Å². The van der Waals surface area contributed by atoms with Gasteiger partial charge in [0.05, 0.1) is 17.6 Å². The number of esters is 1. The Labute approximate surface area is 152 Å². The predicted octanol–water partition coefficient (Wildman–Crippen LogP) is 2.98. The average Bonchev–Trinajstić information content (AvgIpc) is 2.93. The number of amides is 1. The molecular weight excluding hydrogens is 359 g/mol. The molecule has 2 N–H and O–H groups in total. The summed E-state index contributed by atoms with van der Waals surface area (Å²) in [4.78, 5) is 27.8. The molecule has 0 saturated carbocycles. The average molecular weight is 372 g/mol. The Morgan fingerprint density at radius 2 is 2.04 bits per heavy atom. The van der Waals surface area contributed by atoms with Gasteiger partial charge in [0, 0.05) is 0 Å². The van der Waals surface area contributed by atoms with Crippen LogP contribution in [0.5, 0.6) is 11.5 Å². The van der Waals surface area contributed by atoms with Gasteiger partial charge in [0.25, 0.3) is 5.91 Å². The lowest BCUT2D eigenvalue weighted by molar-refractivity contribution is -0.113. The van der Waals surface area contributed by atoms with E-state index >= 15 is 0 Å². The maximum atomic E-state index is 13.2. The van der Waals surface area contributed by atoms with Crippen LogP contribution in [-0.4, -0.2) is 24.2 Å². The Hall–Kier alpha value is -3.13. The lowest BCUT2D eigenvalue weighted by Crippen LogP contribution is -2.09. The van der Waals surface area contributed by atoms with E-state index < -0.39 is 17.7 Å². The number of nitrogens with two attached hydrogens (primary N) is 1. The summed E-state index contributed by atoms with van der Waals surface area (Å²) in [7, 11) is 1.42. The molecule has 26 heavy (non-hydrogen) atoms. The number of nitrogens with zero attached hydrogens (tertiary/aromatic N) is 1. The van der Waals surface area contributed by atoms with E-state index in [4.69, 9.17) is 15.2 Å². The van der Waals surface area contributed by atoms with Crippen LogP contribution in [0.1, 0.15) is 15.9 Å². The number of hydrogen-bond acceptors (Lipinski definition) is 6. The van der Waals surface area contributed by atoms with Gasteiger partial charge in [-0.1, -0.05) is 12.1 Å². The largest absolute Gasteiger partial charge is 0.493 e. The molecule has 0 fully saturated rings. The first-order valence-corrected chi connectivity index (χ1v) is 8.22. The van der Waals surface area contributed by atoms with Crippen molar-refractivity contribution in [1.29, 1.82) is 0 Å². The normalized spacial score (nSPS) is 15.1. The van der Waals surface area contributed by atoms with Crippen molar-refractivity contribution in [2.75, 3.05) is 7.11 Å². The van der Waals surface area contributed by atoms with Crippen molar-refractivity contribution in [3.05, 3.63) is 64.3 Å². The summed E-state index contributed by atoms with van der Waals surface area (Å²) < 4.78 is 23.7. The second-order valence-electron chi connectivity index (χ2n) is 5.18. The monoisotopic (exact) mass is 372 g/mol. The molecule has 2 aromatic carbocycles. The van der Waals surface area contributed by atoms with E-state index in [1.807, 2.05) is 0 Å². The number of amidine groups is 1. The van der Waals surface area contributed by atoms with E-state index in [0.29, 0.717) is 10.5 Å². The molecule has 0 aromatic heterocycles. The van der Waals surface area contributed by atoms with Crippen molar-refractivity contribution in [3.8, 4) is 11.5 Å². The number of rotatable bonds is 4. The summed E-state index contributed by atoms with van der Waals surface area (Å²) in [5.74, 6) is -1.20. The molecule has 3 rings (SSSR count). The van der Waals surface area contributed by atoms with Crippen LogP contribution >= 0.6 is 11.8 Å². The van der Waals surface area contributed by atoms with Gasteiger partial charge in [-0.3, -0.25) is 4.79 Å². The SMILES string of the molecule is COc1cc(/C=C2\SC(N)=NC2=O)ccc1OC(=O)c1cccc(F)c1. The van der Waals surface area contributed by atoms with E-state index in [9.17, 15) is 14.0 Å². The van der Waals surface area contributed by atoms with Gasteiger partial charge in [0.2, 0.25) is 0 Å². The van der Waals surface area contributed by atoms with Crippen LogP contribution in [0.15, 0.2) is 52.4 Å². The molecule has 2 aromatic rings. The third kappa shape index (κ3) is 3.92. The molecule has 132 valence electrons. The highest BCUT2D eigenvalue weighted by atomic mass is 32.2. The zero-order valence-corrected chi connectivity index (χ0v) is 14.4. The van der Waals surface area contributed by atoms with Crippen LogP contribution in [0.4, 0.5) is 4.39 Å². The molecule has 0 spiro atoms. The number of benzene rings is 2. The molecule has 0 aliphatic carbocycles. The van der Waals surface area contributed by atoms with E-state index in [0.717, 1.165) is 17.8 Å². The zero-order valence-electron chi connectivity index (χ0n) is 13.6. The lowest BCUT2D eigenvalue weighted by Gasteiger charge is -2.10. The summed E-state index contributed by atoms with van der Waals surface area (Å²) in [5, 5.41) is 0.189. The highest BCUT2D eigenvalue weighted by Gasteiger charge is 2.20. The fourth-order valence-corrected chi connectivity index (χ4v) is 2.89. The van der Waals surface area contributed by atoms with E-state index in [1.165, 1.54) is 31.4 Å². The molecule has 1 heterocycles. The van der Waals surface area contributed by atoms with Gasteiger partial charge in [-0.15, -0.1) is 0 Å². The number of aliphatic imine (C=N–C) groups is 1. The summed E-state index contributed by atoms with van der Waals surface area (Å²) in [5.41, 5.74) is 6.24. The van der Waals surface area contributed by atoms with Gasteiger partial charge >= 0.3 is 5.97 Å². The van der Waals surface area contributed by atoms with Gasteiger partial charge in [0.1, 0.15) is 5.82 Å². The lowest BCUT2D eigenvalue weighted by atomic mass is 10.2. The van der Waals surface area contributed by atoms with Crippen LogP contribution in [0, 0.1) is 5.82 Å². The quantitative estimate of drug-likeness (QED) is 0.504. The minimum Gasteiger partial charge on any atom is -0.493 e. The molecule has 0 radical (unpaired) electrons. The second kappa shape index (κ2) is 7.40. The predicted molar refractivity (Wildman–Crippen MR) is 96.5 cm³/mol. The topological polar surface area (TPSA) is 91.0 Å². The van der Waals surface area contributed by atoms with Crippen LogP contribution in [0.2, 0.25) is 0 Å². The molecule has 0 unspecified atom stereocenters. The maximum Gasteiger partial charge on any atom is 0.343 e. The van der Waals surface area contributed by atoms with E-state index in [-0.39, 0.29) is 22.2 Å². The number of ether oxygens (including phenoxy) is 2. The zero-order chi connectivity index (χ0) is 18.7. The Morgan fingerprint density at radius 3 is 2.69 bits per heavy atom. The molecule has 6 nitrogen and oxygen atoms in total. The number of hydrogen-bond donors (Lipinski definition) is 1. The van der Waals surface area contributed by atoms with Gasteiger partial charge in [-0.05, 0) is 53.7 Å². The summed E-state index contributed by atoms with van der Waals surface area (Å²) in [6.45, 7) is 0. The van der Waals surface area contributed by atoms with Crippen molar-refractivity contribution >= 4 is 34.9 Å². The first-order chi connectivity index (χ1) is 12.5. The number of halogens is 1. The second-order valence-corrected chi connectivity index (χ2v) is 6.24. The van der Waals surface area contributed by atoms with Gasteiger partial charge in [0.15, 0.2) is 16.7 Å². The summed E-state index contributed by atoms with van der Waals surface area (Å²) >= 11 is 1.07. The highest BCUT2D eigenvalue weighted by Crippen LogP contribution is 2.32. The molecule has 1 aliphatic rings. The van der Waals surface area contributed by atoms with Gasteiger partial charge < -0.3 is 15.2 Å². The summed E-state index contributed by atoms with van der Waals surface area (Å²) in [6, 6.07) is 9.96. The smallest absolute Gasteiger partial charge is 0.343 e. The van der Waals surface area contributed by atoms with Gasteiger partial charge in [-0.2, -0.15) is 4.99 Å². The van der Waals surface area contributed by atoms with Crippen molar-refractivity contribution < 1.29 is 23.5 Å². The molecule has 0 bridgehead atoms. The van der Waals surface area contributed by atoms with E-state index in [1.54, 1.807) is 18.2 Å². The van der Waals surface area contributed by atoms with Gasteiger partial charge in [-0.25, -0.2) is 9.18 Å². The number of methoxy groups -OCH3 is 1. The van der Waals surface area contributed by atoms with E-state index in [2.05, 4.69) is 4.99 Å². The molecule has 8 heteroatoms. The Morgan fingerprint density at radius 1 is 1.23 bits per heavy atom. The highest BCUT2D eigenvalue weighted by molar-refractivity contribution is 8.18. The number of carbonyl (C=O) groups excluding carboxylic acids is 2. The fraction of sp³-hybridized carbons (Fsp3) is 0.0556. The molecule has 0 atom stereocenters. The van der Waals surface area contributed by atoms with Crippen LogP contribution < -0.4 is 15.2 Å². The molecule has 1 aliphatic heterocycles. The Kier molecular flexibility index (Phi) is 5.04. The maximum absolute atomic E-state index is 13.2. The van der Waals surface area contributed by atoms with Crippen molar-refractivity contribution in [3.63, 3.8) is 0 Å². The first kappa shape index (κ1) is 17.7. The minimum absolute atomic E-state index is 0.0822. The van der Waals surface area contributed by atoms with Crippen LogP contribution in [0.3, 0.4) is 0 Å². The summed E-state index contributed by atoms with van der Waals surface area (Å²) in [6.07, 6.45) is 1.61. The number of carbonyl (C=O) groups is 2. The van der Waals surface area contributed by atoms with Crippen molar-refractivity contribution in [2.45, 2.75) is 0 Å². The standard InChI is InChI=1S/C18H13FN2O4S/c1-24-14-7-10(8-15-16(22)21-18(20)26-15)5-6-13(14)25-17(23)11-3-2-4-12(19)9-11/h2-9H,1H3,(H2,20,21,22)/b15-8-. The van der Waals surface area contributed by atoms with Crippen LogP contribution in [-0.2, 0) is 4.79 Å². The molecule has 1 amide bonds. The Bertz CT molecular complexity index is 956. The first-order valence-electron chi connectivity index (χ1n) is 7.40. The minimum atomic E-state index is -0.711. The molecule has 0 saturated heterocycles. The molecular formula is C18H13FN2O4S. The van der Waals surface area contributed by atoms with Crippen molar-refractivity contribution in [1.82, 2.24) is 0 Å². The van der Waals surface area contributed by atoms with Crippen LogP contribution in [0.25, 0.3) is 6.08 Å². The third-order valence-corrected chi connectivity index (χ3v) is 4.20. The number of thioether (sulfide) groups is 1.